The first kappa shape index (κ1) is 17.8. The van der Waals surface area contributed by atoms with E-state index >= 15 is 0 Å². The minimum Gasteiger partial charge on any atom is -0.493 e. The van der Waals surface area contributed by atoms with Crippen LogP contribution >= 0.6 is 11.6 Å². The van der Waals surface area contributed by atoms with Crippen molar-refractivity contribution in [2.45, 2.75) is 19.4 Å². The molecule has 1 heterocycles. The minimum absolute atomic E-state index is 0.0176. The first-order valence-corrected chi connectivity index (χ1v) is 8.69. The summed E-state index contributed by atoms with van der Waals surface area (Å²) < 4.78 is 11.4. The fourth-order valence-electron chi connectivity index (χ4n) is 2.57. The first-order valence-electron chi connectivity index (χ1n) is 8.31. The Morgan fingerprint density at radius 1 is 1.16 bits per heavy atom. The van der Waals surface area contributed by atoms with Crippen LogP contribution in [0.1, 0.15) is 13.8 Å². The van der Waals surface area contributed by atoms with E-state index in [-0.39, 0.29) is 12.5 Å². The maximum atomic E-state index is 9.34. The molecule has 1 aliphatic heterocycles. The summed E-state index contributed by atoms with van der Waals surface area (Å²) in [5.74, 6) is 1.48. The molecule has 0 aliphatic carbocycles. The van der Waals surface area contributed by atoms with Gasteiger partial charge in [-0.05, 0) is 42.3 Å². The molecule has 0 aromatic heterocycles. The number of hydrogen-bond donors (Lipinski definition) is 1. The molecular weight excluding hydrogens is 338 g/mol. The smallest absolute Gasteiger partial charge is 0.190 e. The minimum atomic E-state index is -0.524. The Kier molecular flexibility index (Phi) is 5.30. The molecule has 1 N–H and O–H groups in total. The fraction of sp³-hybridized carbons (Fsp3) is 0.350. The Bertz CT molecular complexity index is 743. The average Bonchev–Trinajstić information content (AvgIpc) is 3.04. The van der Waals surface area contributed by atoms with Crippen molar-refractivity contribution in [1.82, 2.24) is 0 Å². The van der Waals surface area contributed by atoms with E-state index in [0.717, 1.165) is 21.9 Å². The third-order valence-corrected chi connectivity index (χ3v) is 4.46. The van der Waals surface area contributed by atoms with Crippen LogP contribution in [0.2, 0.25) is 5.02 Å². The highest BCUT2D eigenvalue weighted by Crippen LogP contribution is 2.25. The molecule has 3 rings (SSSR count). The summed E-state index contributed by atoms with van der Waals surface area (Å²) in [6.07, 6.45) is 0. The highest BCUT2D eigenvalue weighted by atomic mass is 35.5. The lowest BCUT2D eigenvalue weighted by atomic mass is 10.1. The second-order valence-corrected chi connectivity index (χ2v) is 7.07. The van der Waals surface area contributed by atoms with Crippen molar-refractivity contribution in [1.29, 1.82) is 0 Å². The monoisotopic (exact) mass is 359 g/mol. The number of benzene rings is 2. The van der Waals surface area contributed by atoms with Gasteiger partial charge in [-0.3, -0.25) is 0 Å². The lowest BCUT2D eigenvalue weighted by Gasteiger charge is -2.13. The summed E-state index contributed by atoms with van der Waals surface area (Å²) in [7, 11) is 0. The number of rotatable bonds is 6. The van der Waals surface area contributed by atoms with Gasteiger partial charge in [-0.1, -0.05) is 42.8 Å². The SMILES string of the molecule is CC(COc1ccc(-c2ccc(Cl)cc2)cc1)C1=NC(C)(CO)CO1. The van der Waals surface area contributed by atoms with Crippen LogP contribution in [0, 0.1) is 5.92 Å². The van der Waals surface area contributed by atoms with Gasteiger partial charge < -0.3 is 14.6 Å². The Labute approximate surface area is 153 Å². The summed E-state index contributed by atoms with van der Waals surface area (Å²) in [6.45, 7) is 4.75. The molecule has 0 fully saturated rings. The van der Waals surface area contributed by atoms with Gasteiger partial charge in [0, 0.05) is 5.02 Å². The summed E-state index contributed by atoms with van der Waals surface area (Å²) in [6, 6.07) is 15.7. The molecule has 0 radical (unpaired) electrons. The standard InChI is InChI=1S/C20H22ClNO3/c1-14(19-22-20(2,12-23)13-25-19)11-24-18-9-5-16(6-10-18)15-3-7-17(21)8-4-15/h3-10,14,23H,11-13H2,1-2H3. The molecule has 0 bridgehead atoms. The zero-order valence-corrected chi connectivity index (χ0v) is 15.2. The van der Waals surface area contributed by atoms with Crippen molar-refractivity contribution in [3.05, 3.63) is 53.6 Å². The maximum Gasteiger partial charge on any atom is 0.190 e. The fourth-order valence-corrected chi connectivity index (χ4v) is 2.70. The van der Waals surface area contributed by atoms with Gasteiger partial charge in [-0.15, -0.1) is 0 Å². The van der Waals surface area contributed by atoms with Crippen molar-refractivity contribution < 1.29 is 14.6 Å². The van der Waals surface area contributed by atoms with E-state index < -0.39 is 5.54 Å². The van der Waals surface area contributed by atoms with Gasteiger partial charge in [0.15, 0.2) is 5.90 Å². The van der Waals surface area contributed by atoms with Crippen molar-refractivity contribution >= 4 is 17.5 Å². The van der Waals surface area contributed by atoms with Crippen LogP contribution in [0.25, 0.3) is 11.1 Å². The largest absolute Gasteiger partial charge is 0.493 e. The molecule has 5 heteroatoms. The van der Waals surface area contributed by atoms with Gasteiger partial charge >= 0.3 is 0 Å². The summed E-state index contributed by atoms with van der Waals surface area (Å²) in [4.78, 5) is 4.47. The Hall–Kier alpha value is -2.04. The van der Waals surface area contributed by atoms with Gasteiger partial charge in [-0.25, -0.2) is 4.99 Å². The molecule has 0 saturated carbocycles. The molecule has 25 heavy (non-hydrogen) atoms. The van der Waals surface area contributed by atoms with Crippen LogP contribution in [0.15, 0.2) is 53.5 Å². The van der Waals surface area contributed by atoms with Crippen LogP contribution in [0.4, 0.5) is 0 Å². The highest BCUT2D eigenvalue weighted by molar-refractivity contribution is 6.30. The number of aliphatic imine (C=N–C) groups is 1. The van der Waals surface area contributed by atoms with E-state index in [1.807, 2.05) is 62.4 Å². The molecule has 0 spiro atoms. The molecule has 2 unspecified atom stereocenters. The van der Waals surface area contributed by atoms with Crippen molar-refractivity contribution in [3.8, 4) is 16.9 Å². The molecule has 1 aliphatic rings. The van der Waals surface area contributed by atoms with Crippen LogP contribution in [-0.4, -0.2) is 36.4 Å². The average molecular weight is 360 g/mol. The second-order valence-electron chi connectivity index (χ2n) is 6.64. The van der Waals surface area contributed by atoms with Gasteiger partial charge in [0.1, 0.15) is 17.9 Å². The van der Waals surface area contributed by atoms with Crippen LogP contribution < -0.4 is 4.74 Å². The topological polar surface area (TPSA) is 51.0 Å². The van der Waals surface area contributed by atoms with E-state index in [0.29, 0.717) is 19.1 Å². The van der Waals surface area contributed by atoms with Gasteiger partial charge in [0.2, 0.25) is 0 Å². The van der Waals surface area contributed by atoms with Crippen molar-refractivity contribution in [2.24, 2.45) is 10.9 Å². The third-order valence-electron chi connectivity index (χ3n) is 4.21. The maximum absolute atomic E-state index is 9.34. The first-order chi connectivity index (χ1) is 12.0. The normalized spacial score (nSPS) is 20.7. The number of nitrogens with zero attached hydrogens (tertiary/aromatic N) is 1. The molecule has 4 nitrogen and oxygen atoms in total. The van der Waals surface area contributed by atoms with E-state index in [2.05, 4.69) is 4.99 Å². The van der Waals surface area contributed by atoms with E-state index in [4.69, 9.17) is 21.1 Å². The lowest BCUT2D eigenvalue weighted by molar-refractivity contribution is 0.165. The van der Waals surface area contributed by atoms with Crippen LogP contribution in [-0.2, 0) is 4.74 Å². The Balaban J connectivity index is 1.59. The third kappa shape index (κ3) is 4.33. The summed E-state index contributed by atoms with van der Waals surface area (Å²) in [5.41, 5.74) is 1.70. The molecule has 2 atom stereocenters. The number of ether oxygens (including phenoxy) is 2. The van der Waals surface area contributed by atoms with Gasteiger partial charge in [0.25, 0.3) is 0 Å². The number of aliphatic hydroxyl groups is 1. The van der Waals surface area contributed by atoms with Crippen molar-refractivity contribution in [2.75, 3.05) is 19.8 Å². The molecular formula is C20H22ClNO3. The molecule has 0 amide bonds. The van der Waals surface area contributed by atoms with Crippen LogP contribution in [0.5, 0.6) is 5.75 Å². The highest BCUT2D eigenvalue weighted by Gasteiger charge is 2.33. The predicted molar refractivity (Wildman–Crippen MR) is 100 cm³/mol. The molecule has 132 valence electrons. The zero-order valence-electron chi connectivity index (χ0n) is 14.4. The van der Waals surface area contributed by atoms with Crippen LogP contribution in [0.3, 0.4) is 0 Å². The van der Waals surface area contributed by atoms with E-state index in [1.54, 1.807) is 0 Å². The molecule has 2 aromatic carbocycles. The Morgan fingerprint density at radius 3 is 2.32 bits per heavy atom. The molecule has 2 aromatic rings. The van der Waals surface area contributed by atoms with E-state index in [1.165, 1.54) is 0 Å². The number of hydrogen-bond acceptors (Lipinski definition) is 4. The second kappa shape index (κ2) is 7.46. The Morgan fingerprint density at radius 2 is 1.76 bits per heavy atom. The predicted octanol–water partition coefficient (Wildman–Crippen LogP) is 4.20. The number of aliphatic hydroxyl groups excluding tert-OH is 1. The van der Waals surface area contributed by atoms with E-state index in [9.17, 15) is 5.11 Å². The molecule has 0 saturated heterocycles. The summed E-state index contributed by atoms with van der Waals surface area (Å²) >= 11 is 5.92. The zero-order chi connectivity index (χ0) is 17.9. The van der Waals surface area contributed by atoms with Gasteiger partial charge in [-0.2, -0.15) is 0 Å². The van der Waals surface area contributed by atoms with Crippen molar-refractivity contribution in [3.63, 3.8) is 0 Å². The lowest BCUT2D eigenvalue weighted by Crippen LogP contribution is -2.28. The van der Waals surface area contributed by atoms with Gasteiger partial charge in [0.05, 0.1) is 19.1 Å². The quantitative estimate of drug-likeness (QED) is 0.840. The summed E-state index contributed by atoms with van der Waals surface area (Å²) in [5, 5.41) is 10.1. The number of halogens is 1.